The minimum atomic E-state index is -0.589. The summed E-state index contributed by atoms with van der Waals surface area (Å²) in [5.74, 6) is 0. The van der Waals surface area contributed by atoms with Gasteiger partial charge in [-0.15, -0.1) is 0 Å². The van der Waals surface area contributed by atoms with Crippen LogP contribution < -0.4 is 4.90 Å². The van der Waals surface area contributed by atoms with Gasteiger partial charge in [-0.25, -0.2) is 0 Å². The predicted molar refractivity (Wildman–Crippen MR) is 230 cm³/mol. The van der Waals surface area contributed by atoms with Crippen molar-refractivity contribution in [1.82, 2.24) is 0 Å². The van der Waals surface area contributed by atoms with E-state index in [0.29, 0.717) is 0 Å². The van der Waals surface area contributed by atoms with Gasteiger partial charge in [-0.05, 0) is 98.8 Å². The summed E-state index contributed by atoms with van der Waals surface area (Å²) in [6.07, 6.45) is 0. The Labute approximate surface area is 323 Å². The van der Waals surface area contributed by atoms with Crippen molar-refractivity contribution in [1.29, 1.82) is 0 Å². The molecule has 0 radical (unpaired) electrons. The highest BCUT2D eigenvalue weighted by Crippen LogP contribution is 2.59. The van der Waals surface area contributed by atoms with Crippen molar-refractivity contribution < 1.29 is 8.83 Å². The topological polar surface area (TPSA) is 29.5 Å². The highest BCUT2D eigenvalue weighted by molar-refractivity contribution is 6.14. The molecule has 1 aliphatic carbocycles. The van der Waals surface area contributed by atoms with Crippen molar-refractivity contribution >= 4 is 71.7 Å². The Morgan fingerprint density at radius 2 is 0.946 bits per heavy atom. The Kier molecular flexibility index (Phi) is 6.55. The maximum Gasteiger partial charge on any atom is 0.137 e. The summed E-state index contributed by atoms with van der Waals surface area (Å²) in [5.41, 5.74) is 13.6. The number of hydrogen-bond donors (Lipinski definition) is 0. The van der Waals surface area contributed by atoms with Crippen LogP contribution in [0.2, 0.25) is 0 Å². The maximum atomic E-state index is 6.49. The Morgan fingerprint density at radius 1 is 0.375 bits per heavy atom. The maximum absolute atomic E-state index is 6.49. The Bertz CT molecular complexity index is 3280. The van der Waals surface area contributed by atoms with E-state index in [1.54, 1.807) is 0 Å². The normalized spacial score (nSPS) is 13.1. The largest absolute Gasteiger partial charge is 0.456 e. The van der Waals surface area contributed by atoms with Crippen LogP contribution in [-0.4, -0.2) is 0 Å². The first kappa shape index (κ1) is 31.0. The first-order valence-electron chi connectivity index (χ1n) is 19.2. The van der Waals surface area contributed by atoms with Gasteiger partial charge in [0.2, 0.25) is 0 Å². The van der Waals surface area contributed by atoms with E-state index < -0.39 is 5.41 Å². The van der Waals surface area contributed by atoms with Crippen molar-refractivity contribution in [3.63, 3.8) is 0 Å². The molecule has 262 valence electrons. The summed E-state index contributed by atoms with van der Waals surface area (Å²) >= 11 is 0. The third-order valence-corrected chi connectivity index (χ3v) is 11.9. The molecule has 0 fully saturated rings. The van der Waals surface area contributed by atoms with Gasteiger partial charge in [0.1, 0.15) is 22.3 Å². The van der Waals surface area contributed by atoms with Crippen LogP contribution in [0.4, 0.5) is 17.1 Å². The summed E-state index contributed by atoms with van der Waals surface area (Å²) in [6, 6.07) is 72.3. The Hall–Kier alpha value is -7.36. The van der Waals surface area contributed by atoms with E-state index in [0.717, 1.165) is 60.9 Å². The number of benzene rings is 9. The minimum Gasteiger partial charge on any atom is -0.456 e. The van der Waals surface area contributed by atoms with Gasteiger partial charge in [0.05, 0.1) is 16.5 Å². The standard InChI is InChI=1S/C53H33NO2/c1-3-15-35(16-4-1)53(36-17-5-2-6-18-36)45-33-38(27-30-40(45)42-29-26-34-14-7-8-19-39(34)52(42)53)54(37-28-31-49-44(32-37)41-20-9-11-23-47(41)55-49)46-22-13-25-50-51(46)43-21-10-12-24-48(43)56-50/h1-33H. The molecule has 2 aromatic heterocycles. The van der Waals surface area contributed by atoms with Gasteiger partial charge in [0.25, 0.3) is 0 Å². The van der Waals surface area contributed by atoms with E-state index in [9.17, 15) is 0 Å². The highest BCUT2D eigenvalue weighted by Gasteiger charge is 2.47. The molecular formula is C53H33NO2. The fraction of sp³-hybridized carbons (Fsp3) is 0.0189. The first-order valence-corrected chi connectivity index (χ1v) is 19.2. The summed E-state index contributed by atoms with van der Waals surface area (Å²) in [7, 11) is 0. The quantitative estimate of drug-likeness (QED) is 0.178. The molecule has 0 atom stereocenters. The van der Waals surface area contributed by atoms with Crippen molar-refractivity contribution in [3.05, 3.63) is 222 Å². The van der Waals surface area contributed by atoms with Crippen LogP contribution in [0.1, 0.15) is 22.3 Å². The molecule has 1 aliphatic rings. The fourth-order valence-corrected chi connectivity index (χ4v) is 9.62. The number of nitrogens with zero attached hydrogens (tertiary/aromatic N) is 1. The fourth-order valence-electron chi connectivity index (χ4n) is 9.62. The second kappa shape index (κ2) is 11.8. The molecule has 3 heteroatoms. The van der Waals surface area contributed by atoms with E-state index in [4.69, 9.17) is 8.83 Å². The van der Waals surface area contributed by atoms with Gasteiger partial charge in [-0.2, -0.15) is 0 Å². The lowest BCUT2D eigenvalue weighted by molar-refractivity contribution is 0.668. The van der Waals surface area contributed by atoms with E-state index in [2.05, 4.69) is 187 Å². The average molecular weight is 716 g/mol. The second-order valence-corrected chi connectivity index (χ2v) is 14.8. The molecule has 56 heavy (non-hydrogen) atoms. The van der Waals surface area contributed by atoms with Crippen LogP contribution in [0.15, 0.2) is 209 Å². The molecule has 0 aliphatic heterocycles. The zero-order valence-corrected chi connectivity index (χ0v) is 30.3. The van der Waals surface area contributed by atoms with Gasteiger partial charge in [-0.1, -0.05) is 146 Å². The lowest BCUT2D eigenvalue weighted by Crippen LogP contribution is -2.29. The zero-order chi connectivity index (χ0) is 36.8. The average Bonchev–Trinajstić information content (AvgIpc) is 3.93. The van der Waals surface area contributed by atoms with Crippen LogP contribution >= 0.6 is 0 Å². The summed E-state index contributed by atoms with van der Waals surface area (Å²) < 4.78 is 12.8. The zero-order valence-electron chi connectivity index (χ0n) is 30.3. The molecule has 3 nitrogen and oxygen atoms in total. The molecule has 9 aromatic carbocycles. The summed E-state index contributed by atoms with van der Waals surface area (Å²) in [6.45, 7) is 0. The van der Waals surface area contributed by atoms with Crippen molar-refractivity contribution in [3.8, 4) is 11.1 Å². The van der Waals surface area contributed by atoms with Crippen LogP contribution in [0.5, 0.6) is 0 Å². The summed E-state index contributed by atoms with van der Waals surface area (Å²) in [5, 5.41) is 6.83. The number of furan rings is 2. The molecule has 0 unspecified atom stereocenters. The first-order chi connectivity index (χ1) is 27.8. The molecule has 0 spiro atoms. The Morgan fingerprint density at radius 3 is 1.73 bits per heavy atom. The molecule has 2 heterocycles. The Balaban J connectivity index is 1.20. The third kappa shape index (κ3) is 4.28. The number of para-hydroxylation sites is 2. The van der Waals surface area contributed by atoms with E-state index >= 15 is 0 Å². The van der Waals surface area contributed by atoms with E-state index in [1.165, 1.54) is 44.2 Å². The smallest absolute Gasteiger partial charge is 0.137 e. The van der Waals surface area contributed by atoms with Crippen LogP contribution in [-0.2, 0) is 5.41 Å². The molecule has 0 amide bonds. The SMILES string of the molecule is c1ccc(C2(c3ccccc3)c3cc(N(c4ccc5oc6ccccc6c5c4)c4cccc5oc6ccccc6c45)ccc3-c3ccc4ccccc4c32)cc1. The predicted octanol–water partition coefficient (Wildman–Crippen LogP) is 14.5. The van der Waals surface area contributed by atoms with Crippen molar-refractivity contribution in [2.45, 2.75) is 5.41 Å². The van der Waals surface area contributed by atoms with E-state index in [1.807, 2.05) is 18.2 Å². The van der Waals surface area contributed by atoms with Crippen molar-refractivity contribution in [2.24, 2.45) is 0 Å². The molecule has 0 saturated carbocycles. The molecule has 11 aromatic rings. The van der Waals surface area contributed by atoms with Crippen LogP contribution in [0.25, 0.3) is 65.8 Å². The lowest BCUT2D eigenvalue weighted by atomic mass is 9.66. The van der Waals surface area contributed by atoms with Gasteiger partial charge in [0, 0.05) is 27.5 Å². The van der Waals surface area contributed by atoms with Crippen molar-refractivity contribution in [2.75, 3.05) is 4.90 Å². The van der Waals surface area contributed by atoms with Gasteiger partial charge in [-0.3, -0.25) is 0 Å². The molecule has 0 N–H and O–H groups in total. The van der Waals surface area contributed by atoms with Gasteiger partial charge in [0.15, 0.2) is 0 Å². The third-order valence-electron chi connectivity index (χ3n) is 11.9. The summed E-state index contributed by atoms with van der Waals surface area (Å²) in [4.78, 5) is 2.41. The van der Waals surface area contributed by atoms with Gasteiger partial charge < -0.3 is 13.7 Å². The van der Waals surface area contributed by atoms with E-state index in [-0.39, 0.29) is 0 Å². The highest BCUT2D eigenvalue weighted by atomic mass is 16.3. The molecular weight excluding hydrogens is 683 g/mol. The molecule has 12 rings (SSSR count). The van der Waals surface area contributed by atoms with Crippen LogP contribution in [0, 0.1) is 0 Å². The molecule has 0 bridgehead atoms. The lowest BCUT2D eigenvalue weighted by Gasteiger charge is -2.35. The second-order valence-electron chi connectivity index (χ2n) is 14.8. The number of anilines is 3. The minimum absolute atomic E-state index is 0.589. The van der Waals surface area contributed by atoms with Crippen LogP contribution in [0.3, 0.4) is 0 Å². The monoisotopic (exact) mass is 715 g/mol. The number of fused-ring (bicyclic) bond motifs is 11. The number of rotatable bonds is 5. The van der Waals surface area contributed by atoms with Gasteiger partial charge >= 0.3 is 0 Å². The number of hydrogen-bond acceptors (Lipinski definition) is 3. The molecule has 0 saturated heterocycles.